The number of unbranched alkanes of at least 4 members (excludes halogenated alkanes) is 18. The van der Waals surface area contributed by atoms with E-state index in [1.54, 1.807) is 0 Å². The van der Waals surface area contributed by atoms with E-state index in [2.05, 4.69) is 33.0 Å². The standard InChI is InChI=1S/C47H92N2O5/c1-7-11-31-42(32-12-8-2)39-46(51)53-37-29-25-21-17-15-19-23-27-35-44(48-45(50)41-49(5)6)36-28-24-20-16-18-22-26-30-38-54-47(52)40-43(33-13-9-3)34-14-10-4/h42-44H,7-41H2,1-6H3,(H,48,50). The summed E-state index contributed by atoms with van der Waals surface area (Å²) in [6.45, 7) is 10.5. The normalized spacial score (nSPS) is 11.7. The van der Waals surface area contributed by atoms with Gasteiger partial charge in [0.2, 0.25) is 5.91 Å². The lowest BCUT2D eigenvalue weighted by Gasteiger charge is -2.20. The number of rotatable bonds is 41. The van der Waals surface area contributed by atoms with Gasteiger partial charge in [-0.25, -0.2) is 0 Å². The molecule has 0 bridgehead atoms. The average molecular weight is 765 g/mol. The van der Waals surface area contributed by atoms with Crippen LogP contribution in [0.1, 0.15) is 233 Å². The summed E-state index contributed by atoms with van der Waals surface area (Å²) in [4.78, 5) is 39.1. The number of esters is 2. The molecule has 7 nitrogen and oxygen atoms in total. The first-order valence-corrected chi connectivity index (χ1v) is 23.5. The van der Waals surface area contributed by atoms with E-state index in [0.717, 1.165) is 64.2 Å². The van der Waals surface area contributed by atoms with Gasteiger partial charge in [0.15, 0.2) is 0 Å². The highest BCUT2D eigenvalue weighted by Gasteiger charge is 2.16. The Morgan fingerprint density at radius 1 is 0.444 bits per heavy atom. The summed E-state index contributed by atoms with van der Waals surface area (Å²) in [5, 5.41) is 3.33. The van der Waals surface area contributed by atoms with E-state index in [0.29, 0.717) is 44.4 Å². The maximum atomic E-state index is 12.5. The Bertz CT molecular complexity index is 778. The van der Waals surface area contributed by atoms with Gasteiger partial charge in [0, 0.05) is 18.9 Å². The minimum absolute atomic E-state index is 0.00573. The molecule has 0 aromatic heterocycles. The number of carbonyl (C=O) groups is 3. The molecule has 0 aliphatic carbocycles. The van der Waals surface area contributed by atoms with Crippen LogP contribution in [0.2, 0.25) is 0 Å². The van der Waals surface area contributed by atoms with Crippen molar-refractivity contribution < 1.29 is 23.9 Å². The van der Waals surface area contributed by atoms with Crippen LogP contribution in [0, 0.1) is 11.8 Å². The van der Waals surface area contributed by atoms with Crippen LogP contribution >= 0.6 is 0 Å². The van der Waals surface area contributed by atoms with Crippen LogP contribution < -0.4 is 5.32 Å². The Morgan fingerprint density at radius 2 is 0.759 bits per heavy atom. The second-order valence-electron chi connectivity index (χ2n) is 16.9. The fourth-order valence-corrected chi connectivity index (χ4v) is 7.59. The third-order valence-electron chi connectivity index (χ3n) is 11.0. The third-order valence-corrected chi connectivity index (χ3v) is 11.0. The number of amides is 1. The van der Waals surface area contributed by atoms with Crippen LogP contribution in [0.5, 0.6) is 0 Å². The zero-order valence-electron chi connectivity index (χ0n) is 37.0. The number of nitrogens with one attached hydrogen (secondary N) is 1. The molecule has 320 valence electrons. The fraction of sp³-hybridized carbons (Fsp3) is 0.936. The summed E-state index contributed by atoms with van der Waals surface area (Å²) < 4.78 is 11.2. The minimum atomic E-state index is 0.00573. The molecule has 1 amide bonds. The zero-order valence-corrected chi connectivity index (χ0v) is 37.0. The van der Waals surface area contributed by atoms with Gasteiger partial charge >= 0.3 is 11.9 Å². The number of hydrogen-bond donors (Lipinski definition) is 1. The first-order valence-electron chi connectivity index (χ1n) is 23.5. The van der Waals surface area contributed by atoms with Crippen molar-refractivity contribution in [2.45, 2.75) is 239 Å². The lowest BCUT2D eigenvalue weighted by atomic mass is 9.93. The van der Waals surface area contributed by atoms with Gasteiger partial charge in [0.1, 0.15) is 0 Å². The van der Waals surface area contributed by atoms with Crippen molar-refractivity contribution >= 4 is 17.8 Å². The molecule has 0 aliphatic heterocycles. The average Bonchev–Trinajstić information content (AvgIpc) is 3.14. The molecule has 0 aromatic carbocycles. The Labute approximate surface area is 336 Å². The van der Waals surface area contributed by atoms with Gasteiger partial charge in [-0.05, 0) is 77.3 Å². The van der Waals surface area contributed by atoms with Crippen LogP contribution in [0.4, 0.5) is 0 Å². The molecule has 0 radical (unpaired) electrons. The van der Waals surface area contributed by atoms with E-state index in [-0.39, 0.29) is 23.9 Å². The van der Waals surface area contributed by atoms with E-state index in [4.69, 9.17) is 9.47 Å². The molecule has 1 N–H and O–H groups in total. The molecule has 0 saturated carbocycles. The third kappa shape index (κ3) is 36.0. The highest BCUT2D eigenvalue weighted by molar-refractivity contribution is 5.78. The van der Waals surface area contributed by atoms with Gasteiger partial charge in [-0.2, -0.15) is 0 Å². The quantitative estimate of drug-likeness (QED) is 0.0493. The van der Waals surface area contributed by atoms with Crippen LogP contribution in [0.15, 0.2) is 0 Å². The Balaban J connectivity index is 4.03. The Kier molecular flexibility index (Phi) is 38.4. The summed E-state index contributed by atoms with van der Waals surface area (Å²) in [6, 6.07) is 0.282. The summed E-state index contributed by atoms with van der Waals surface area (Å²) >= 11 is 0. The van der Waals surface area contributed by atoms with E-state index in [1.165, 1.54) is 128 Å². The highest BCUT2D eigenvalue weighted by atomic mass is 16.5. The van der Waals surface area contributed by atoms with Gasteiger partial charge < -0.3 is 19.7 Å². The van der Waals surface area contributed by atoms with Gasteiger partial charge in [-0.3, -0.25) is 14.4 Å². The maximum Gasteiger partial charge on any atom is 0.306 e. The first kappa shape index (κ1) is 52.4. The molecule has 0 aliphatic rings. The Morgan fingerprint density at radius 3 is 1.07 bits per heavy atom. The molecule has 0 atom stereocenters. The topological polar surface area (TPSA) is 84.9 Å². The van der Waals surface area contributed by atoms with Crippen LogP contribution in [-0.4, -0.2) is 62.6 Å². The molecule has 0 spiro atoms. The number of nitrogens with zero attached hydrogens (tertiary/aromatic N) is 1. The predicted molar refractivity (Wildman–Crippen MR) is 230 cm³/mol. The van der Waals surface area contributed by atoms with Gasteiger partial charge in [-0.15, -0.1) is 0 Å². The van der Waals surface area contributed by atoms with Crippen molar-refractivity contribution in [1.82, 2.24) is 10.2 Å². The molecule has 0 saturated heterocycles. The van der Waals surface area contributed by atoms with E-state index in [9.17, 15) is 14.4 Å². The molecular weight excluding hydrogens is 673 g/mol. The second kappa shape index (κ2) is 39.6. The van der Waals surface area contributed by atoms with Crippen LogP contribution in [0.3, 0.4) is 0 Å². The molecule has 0 heterocycles. The molecule has 7 heteroatoms. The van der Waals surface area contributed by atoms with Crippen molar-refractivity contribution in [2.24, 2.45) is 11.8 Å². The summed E-state index contributed by atoms with van der Waals surface area (Å²) in [6.07, 6.45) is 36.6. The van der Waals surface area contributed by atoms with E-state index >= 15 is 0 Å². The smallest absolute Gasteiger partial charge is 0.306 e. The largest absolute Gasteiger partial charge is 0.466 e. The minimum Gasteiger partial charge on any atom is -0.466 e. The van der Waals surface area contributed by atoms with E-state index < -0.39 is 0 Å². The number of ether oxygens (including phenoxy) is 2. The van der Waals surface area contributed by atoms with Crippen molar-refractivity contribution in [1.29, 1.82) is 0 Å². The van der Waals surface area contributed by atoms with Gasteiger partial charge in [0.25, 0.3) is 0 Å². The molecule has 0 aromatic rings. The molecular formula is C47H92N2O5. The summed E-state index contributed by atoms with van der Waals surface area (Å²) in [5.41, 5.74) is 0. The summed E-state index contributed by atoms with van der Waals surface area (Å²) in [7, 11) is 3.90. The molecule has 0 unspecified atom stereocenters. The molecule has 0 rings (SSSR count). The summed E-state index contributed by atoms with van der Waals surface area (Å²) in [5.74, 6) is 1.15. The van der Waals surface area contributed by atoms with Crippen molar-refractivity contribution in [3.8, 4) is 0 Å². The Hall–Kier alpha value is -1.63. The van der Waals surface area contributed by atoms with Gasteiger partial charge in [0.05, 0.1) is 19.8 Å². The van der Waals surface area contributed by atoms with Crippen molar-refractivity contribution in [3.63, 3.8) is 0 Å². The van der Waals surface area contributed by atoms with Crippen LogP contribution in [-0.2, 0) is 23.9 Å². The predicted octanol–water partition coefficient (Wildman–Crippen LogP) is 12.9. The van der Waals surface area contributed by atoms with Crippen molar-refractivity contribution in [2.75, 3.05) is 33.9 Å². The first-order chi connectivity index (χ1) is 26.2. The monoisotopic (exact) mass is 765 g/mol. The van der Waals surface area contributed by atoms with Crippen LogP contribution in [0.25, 0.3) is 0 Å². The number of hydrogen-bond acceptors (Lipinski definition) is 6. The molecule has 0 fully saturated rings. The lowest BCUT2D eigenvalue weighted by molar-refractivity contribution is -0.146. The van der Waals surface area contributed by atoms with E-state index in [1.807, 2.05) is 19.0 Å². The second-order valence-corrected chi connectivity index (χ2v) is 16.9. The van der Waals surface area contributed by atoms with Crippen molar-refractivity contribution in [3.05, 3.63) is 0 Å². The highest BCUT2D eigenvalue weighted by Crippen LogP contribution is 2.22. The zero-order chi connectivity index (χ0) is 39.9. The lowest BCUT2D eigenvalue weighted by Crippen LogP contribution is -2.40. The number of likely N-dealkylation sites (N-methyl/N-ethyl adjacent to an activating group) is 1. The number of carbonyl (C=O) groups excluding carboxylic acids is 3. The fourth-order valence-electron chi connectivity index (χ4n) is 7.59. The van der Waals surface area contributed by atoms with Gasteiger partial charge in [-0.1, -0.05) is 169 Å². The maximum absolute atomic E-state index is 12.5. The SMILES string of the molecule is CCCCC(CCCC)CC(=O)OCCCCCCCCCCC(CCCCCCCCCCOC(=O)CC(CCCC)CCCC)NC(=O)CN(C)C. The molecule has 54 heavy (non-hydrogen) atoms.